The summed E-state index contributed by atoms with van der Waals surface area (Å²) in [6.07, 6.45) is 1.14. The van der Waals surface area contributed by atoms with Gasteiger partial charge in [0.25, 0.3) is 5.91 Å². The Balaban J connectivity index is 1.92. The first-order chi connectivity index (χ1) is 12.1. The van der Waals surface area contributed by atoms with Crippen molar-refractivity contribution in [2.24, 2.45) is 0 Å². The van der Waals surface area contributed by atoms with E-state index < -0.39 is 5.60 Å². The second kappa shape index (κ2) is 7.98. The fourth-order valence-corrected chi connectivity index (χ4v) is 2.97. The third kappa shape index (κ3) is 5.13. The molecule has 26 heavy (non-hydrogen) atoms. The molecule has 0 aliphatic carbocycles. The van der Waals surface area contributed by atoms with Gasteiger partial charge in [0.15, 0.2) is 0 Å². The smallest absolute Gasteiger partial charge is 0.410 e. The minimum Gasteiger partial charge on any atom is -0.496 e. The third-order valence-corrected chi connectivity index (χ3v) is 4.58. The van der Waals surface area contributed by atoms with Crippen molar-refractivity contribution < 1.29 is 19.1 Å². The van der Waals surface area contributed by atoms with Gasteiger partial charge in [-0.1, -0.05) is 0 Å². The maximum atomic E-state index is 12.6. The van der Waals surface area contributed by atoms with E-state index >= 15 is 0 Å². The Kier molecular flexibility index (Phi) is 6.16. The number of benzene rings is 1. The standard InChI is InChI=1S/C20H30N2O4/c1-13-11-15(12-17(25-6)14(13)2)18(23)21-16-7-9-22(10-8-16)19(24)26-20(3,4)5/h11-12,16H,7-10H2,1-6H3,(H,21,23). The Labute approximate surface area is 155 Å². The van der Waals surface area contributed by atoms with Crippen molar-refractivity contribution >= 4 is 12.0 Å². The van der Waals surface area contributed by atoms with Crippen LogP contribution in [0.1, 0.15) is 55.1 Å². The first-order valence-corrected chi connectivity index (χ1v) is 9.04. The van der Waals surface area contributed by atoms with Crippen LogP contribution >= 0.6 is 0 Å². The third-order valence-electron chi connectivity index (χ3n) is 4.58. The van der Waals surface area contributed by atoms with Crippen molar-refractivity contribution in [2.75, 3.05) is 20.2 Å². The molecule has 0 saturated carbocycles. The molecule has 1 fully saturated rings. The lowest BCUT2D eigenvalue weighted by molar-refractivity contribution is 0.0199. The molecule has 1 heterocycles. The van der Waals surface area contributed by atoms with Crippen LogP contribution in [0.2, 0.25) is 0 Å². The number of rotatable bonds is 3. The average molecular weight is 362 g/mol. The zero-order valence-electron chi connectivity index (χ0n) is 16.6. The quantitative estimate of drug-likeness (QED) is 0.894. The van der Waals surface area contributed by atoms with Crippen molar-refractivity contribution in [1.29, 1.82) is 0 Å². The second-order valence-corrected chi connectivity index (χ2v) is 7.84. The van der Waals surface area contributed by atoms with E-state index in [1.54, 1.807) is 18.1 Å². The molecule has 1 aromatic carbocycles. The predicted molar refractivity (Wildman–Crippen MR) is 101 cm³/mol. The number of nitrogens with zero attached hydrogens (tertiary/aromatic N) is 1. The van der Waals surface area contributed by atoms with E-state index in [2.05, 4.69) is 5.32 Å². The van der Waals surface area contributed by atoms with Gasteiger partial charge in [0, 0.05) is 24.7 Å². The summed E-state index contributed by atoms with van der Waals surface area (Å²) in [5.41, 5.74) is 2.16. The van der Waals surface area contributed by atoms with Gasteiger partial charge in [0.2, 0.25) is 0 Å². The molecular weight excluding hydrogens is 332 g/mol. The molecular formula is C20H30N2O4. The molecule has 2 amide bonds. The van der Waals surface area contributed by atoms with Crippen molar-refractivity contribution in [2.45, 2.75) is 59.1 Å². The van der Waals surface area contributed by atoms with E-state index in [4.69, 9.17) is 9.47 Å². The lowest BCUT2D eigenvalue weighted by atomic mass is 10.0. The van der Waals surface area contributed by atoms with Crippen LogP contribution in [0.5, 0.6) is 5.75 Å². The van der Waals surface area contributed by atoms with Gasteiger partial charge in [-0.25, -0.2) is 4.79 Å². The highest BCUT2D eigenvalue weighted by Gasteiger charge is 2.27. The van der Waals surface area contributed by atoms with Crippen LogP contribution in [0.15, 0.2) is 12.1 Å². The maximum Gasteiger partial charge on any atom is 0.410 e. The Morgan fingerprint density at radius 2 is 1.77 bits per heavy atom. The number of carbonyl (C=O) groups is 2. The van der Waals surface area contributed by atoms with Crippen LogP contribution in [0.3, 0.4) is 0 Å². The summed E-state index contributed by atoms with van der Waals surface area (Å²) in [6, 6.07) is 3.70. The zero-order chi connectivity index (χ0) is 19.5. The Morgan fingerprint density at radius 1 is 1.15 bits per heavy atom. The van der Waals surface area contributed by atoms with Crippen LogP contribution < -0.4 is 10.1 Å². The Morgan fingerprint density at radius 3 is 2.31 bits per heavy atom. The normalized spacial score (nSPS) is 15.5. The molecule has 1 aliphatic heterocycles. The number of piperidine rings is 1. The lowest BCUT2D eigenvalue weighted by Gasteiger charge is -2.33. The molecule has 1 aromatic rings. The maximum absolute atomic E-state index is 12.6. The van der Waals surface area contributed by atoms with Gasteiger partial charge >= 0.3 is 6.09 Å². The number of amides is 2. The van der Waals surface area contributed by atoms with E-state index in [0.717, 1.165) is 16.9 Å². The first-order valence-electron chi connectivity index (χ1n) is 9.04. The van der Waals surface area contributed by atoms with Crippen molar-refractivity contribution in [3.8, 4) is 5.75 Å². The van der Waals surface area contributed by atoms with Crippen molar-refractivity contribution in [1.82, 2.24) is 10.2 Å². The van der Waals surface area contributed by atoms with Gasteiger partial charge in [0.05, 0.1) is 7.11 Å². The number of hydrogen-bond acceptors (Lipinski definition) is 4. The molecule has 0 bridgehead atoms. The van der Waals surface area contributed by atoms with E-state index in [-0.39, 0.29) is 18.0 Å². The van der Waals surface area contributed by atoms with E-state index in [0.29, 0.717) is 31.5 Å². The average Bonchev–Trinajstić information content (AvgIpc) is 2.56. The highest BCUT2D eigenvalue weighted by molar-refractivity contribution is 5.95. The van der Waals surface area contributed by atoms with Gasteiger partial charge in [-0.15, -0.1) is 0 Å². The first kappa shape index (κ1) is 20.1. The summed E-state index contributed by atoms with van der Waals surface area (Å²) in [5, 5.41) is 3.07. The second-order valence-electron chi connectivity index (χ2n) is 7.84. The molecule has 0 radical (unpaired) electrons. The molecule has 2 rings (SSSR count). The zero-order valence-corrected chi connectivity index (χ0v) is 16.6. The number of carbonyl (C=O) groups excluding carboxylic acids is 2. The number of hydrogen-bond donors (Lipinski definition) is 1. The predicted octanol–water partition coefficient (Wildman–Crippen LogP) is 3.44. The highest BCUT2D eigenvalue weighted by Crippen LogP contribution is 2.23. The van der Waals surface area contributed by atoms with Crippen LogP contribution in [0.25, 0.3) is 0 Å². The minimum atomic E-state index is -0.496. The summed E-state index contributed by atoms with van der Waals surface area (Å²) >= 11 is 0. The van der Waals surface area contributed by atoms with Gasteiger partial charge in [0.1, 0.15) is 11.4 Å². The topological polar surface area (TPSA) is 67.9 Å². The number of aryl methyl sites for hydroxylation is 1. The van der Waals surface area contributed by atoms with Gasteiger partial charge < -0.3 is 19.7 Å². The van der Waals surface area contributed by atoms with Crippen LogP contribution in [0.4, 0.5) is 4.79 Å². The number of methoxy groups -OCH3 is 1. The molecule has 0 spiro atoms. The summed E-state index contributed by atoms with van der Waals surface area (Å²) < 4.78 is 10.7. The van der Waals surface area contributed by atoms with Crippen LogP contribution in [0, 0.1) is 13.8 Å². The van der Waals surface area contributed by atoms with Gasteiger partial charge in [-0.2, -0.15) is 0 Å². The summed E-state index contributed by atoms with van der Waals surface area (Å²) in [5.74, 6) is 0.608. The molecule has 0 unspecified atom stereocenters. The van der Waals surface area contributed by atoms with E-state index in [9.17, 15) is 9.59 Å². The fraction of sp³-hybridized carbons (Fsp3) is 0.600. The minimum absolute atomic E-state index is 0.0498. The lowest BCUT2D eigenvalue weighted by Crippen LogP contribution is -2.47. The van der Waals surface area contributed by atoms with E-state index in [1.165, 1.54) is 0 Å². The molecule has 6 nitrogen and oxygen atoms in total. The molecule has 1 aliphatic rings. The summed E-state index contributed by atoms with van der Waals surface area (Å²) in [4.78, 5) is 26.4. The summed E-state index contributed by atoms with van der Waals surface area (Å²) in [6.45, 7) is 10.7. The molecule has 0 aromatic heterocycles. The van der Waals surface area contributed by atoms with E-state index in [1.807, 2.05) is 40.7 Å². The monoisotopic (exact) mass is 362 g/mol. The number of ether oxygens (including phenoxy) is 2. The van der Waals surface area contributed by atoms with Gasteiger partial charge in [-0.3, -0.25) is 4.79 Å². The van der Waals surface area contributed by atoms with Crippen molar-refractivity contribution in [3.63, 3.8) is 0 Å². The van der Waals surface area contributed by atoms with Crippen LogP contribution in [-0.4, -0.2) is 48.7 Å². The highest BCUT2D eigenvalue weighted by atomic mass is 16.6. The number of likely N-dealkylation sites (tertiary alicyclic amines) is 1. The molecule has 0 atom stereocenters. The molecule has 144 valence electrons. The summed E-state index contributed by atoms with van der Waals surface area (Å²) in [7, 11) is 1.61. The molecule has 6 heteroatoms. The largest absolute Gasteiger partial charge is 0.496 e. The SMILES string of the molecule is COc1cc(C(=O)NC2CCN(C(=O)OC(C)(C)C)CC2)cc(C)c1C. The Hall–Kier alpha value is -2.24. The molecule has 1 N–H and O–H groups in total. The van der Waals surface area contributed by atoms with Crippen LogP contribution in [-0.2, 0) is 4.74 Å². The Bertz CT molecular complexity index is 671. The van der Waals surface area contributed by atoms with Crippen molar-refractivity contribution in [3.05, 3.63) is 28.8 Å². The molecule has 1 saturated heterocycles. The number of nitrogens with one attached hydrogen (secondary N) is 1. The van der Waals surface area contributed by atoms with Gasteiger partial charge in [-0.05, 0) is 70.7 Å². The fourth-order valence-electron chi connectivity index (χ4n) is 2.97.